The minimum absolute atomic E-state index is 0.00951. The highest BCUT2D eigenvalue weighted by Gasteiger charge is 2.19. The summed E-state index contributed by atoms with van der Waals surface area (Å²) in [6, 6.07) is 7.62. The van der Waals surface area contributed by atoms with Crippen LogP contribution in [0.4, 0.5) is 0 Å². The van der Waals surface area contributed by atoms with Gasteiger partial charge in [0.1, 0.15) is 16.1 Å². The predicted octanol–water partition coefficient (Wildman–Crippen LogP) is 2.51. The standard InChI is InChI=1S/C14H10ClNO5S/c15-14-11(22(16,19)20)4-3-9-13(14)8-2-1-7(6-12(17)18)5-10(8)21-9/h1-5H,6H2,(H,17,18)(H2,16,19,20). The van der Waals surface area contributed by atoms with Gasteiger partial charge in [0.2, 0.25) is 10.0 Å². The van der Waals surface area contributed by atoms with Gasteiger partial charge in [-0.25, -0.2) is 13.6 Å². The second-order valence-electron chi connectivity index (χ2n) is 4.80. The van der Waals surface area contributed by atoms with E-state index in [9.17, 15) is 13.2 Å². The van der Waals surface area contributed by atoms with Gasteiger partial charge in [0.15, 0.2) is 0 Å². The van der Waals surface area contributed by atoms with Gasteiger partial charge in [-0.3, -0.25) is 4.79 Å². The topological polar surface area (TPSA) is 111 Å². The maximum absolute atomic E-state index is 11.5. The zero-order valence-corrected chi connectivity index (χ0v) is 12.6. The van der Waals surface area contributed by atoms with Crippen molar-refractivity contribution < 1.29 is 22.7 Å². The molecule has 0 radical (unpaired) electrons. The summed E-state index contributed by atoms with van der Waals surface area (Å²) in [6.07, 6.45) is -0.136. The van der Waals surface area contributed by atoms with Crippen molar-refractivity contribution in [1.82, 2.24) is 0 Å². The lowest BCUT2D eigenvalue weighted by Crippen LogP contribution is -2.12. The minimum atomic E-state index is -3.95. The number of carboxylic acids is 1. The zero-order valence-electron chi connectivity index (χ0n) is 11.0. The van der Waals surface area contributed by atoms with Gasteiger partial charge >= 0.3 is 5.97 Å². The largest absolute Gasteiger partial charge is 0.481 e. The molecular weight excluding hydrogens is 330 g/mol. The van der Waals surface area contributed by atoms with Crippen LogP contribution in [-0.4, -0.2) is 19.5 Å². The molecule has 1 aromatic heterocycles. The quantitative estimate of drug-likeness (QED) is 0.761. The molecule has 0 saturated heterocycles. The first-order valence-corrected chi connectivity index (χ1v) is 8.08. The molecule has 22 heavy (non-hydrogen) atoms. The number of hydrogen-bond donors (Lipinski definition) is 2. The van der Waals surface area contributed by atoms with Crippen LogP contribution in [0, 0.1) is 0 Å². The van der Waals surface area contributed by atoms with Gasteiger partial charge < -0.3 is 9.52 Å². The zero-order chi connectivity index (χ0) is 16.1. The van der Waals surface area contributed by atoms with E-state index in [4.69, 9.17) is 26.3 Å². The fourth-order valence-corrected chi connectivity index (χ4v) is 3.55. The summed E-state index contributed by atoms with van der Waals surface area (Å²) >= 11 is 6.16. The first kappa shape index (κ1) is 14.8. The third kappa shape index (κ3) is 2.43. The van der Waals surface area contributed by atoms with E-state index in [1.54, 1.807) is 18.2 Å². The van der Waals surface area contributed by atoms with Crippen molar-refractivity contribution >= 4 is 49.5 Å². The molecule has 0 bridgehead atoms. The third-order valence-electron chi connectivity index (χ3n) is 3.27. The molecule has 0 unspecified atom stereocenters. The maximum atomic E-state index is 11.5. The number of hydrogen-bond acceptors (Lipinski definition) is 4. The number of sulfonamides is 1. The molecule has 1 heterocycles. The number of nitrogens with two attached hydrogens (primary N) is 1. The van der Waals surface area contributed by atoms with Gasteiger partial charge in [0.25, 0.3) is 0 Å². The number of fused-ring (bicyclic) bond motifs is 3. The van der Waals surface area contributed by atoms with Crippen LogP contribution in [-0.2, 0) is 21.2 Å². The monoisotopic (exact) mass is 339 g/mol. The van der Waals surface area contributed by atoms with E-state index >= 15 is 0 Å². The molecule has 6 nitrogen and oxygen atoms in total. The fraction of sp³-hybridized carbons (Fsp3) is 0.0714. The Hall–Kier alpha value is -2.09. The second-order valence-corrected chi connectivity index (χ2v) is 6.71. The highest BCUT2D eigenvalue weighted by molar-refractivity contribution is 7.89. The van der Waals surface area contributed by atoms with E-state index in [-0.39, 0.29) is 16.3 Å². The molecule has 2 aromatic carbocycles. The van der Waals surface area contributed by atoms with Gasteiger partial charge in [0.05, 0.1) is 11.4 Å². The first-order chi connectivity index (χ1) is 10.3. The summed E-state index contributed by atoms with van der Waals surface area (Å²) in [4.78, 5) is 10.6. The lowest BCUT2D eigenvalue weighted by molar-refractivity contribution is -0.136. The number of furan rings is 1. The minimum Gasteiger partial charge on any atom is -0.481 e. The number of aliphatic carboxylic acids is 1. The molecule has 0 aliphatic heterocycles. The Labute approximate surface area is 130 Å². The highest BCUT2D eigenvalue weighted by atomic mass is 35.5. The Kier molecular flexibility index (Phi) is 3.36. The van der Waals surface area contributed by atoms with Crippen molar-refractivity contribution in [3.05, 3.63) is 40.9 Å². The Balaban J connectivity index is 2.31. The van der Waals surface area contributed by atoms with Crippen molar-refractivity contribution in [1.29, 1.82) is 0 Å². The molecule has 0 fully saturated rings. The van der Waals surface area contributed by atoms with E-state index in [0.29, 0.717) is 27.5 Å². The lowest BCUT2D eigenvalue weighted by Gasteiger charge is -2.02. The Morgan fingerprint density at radius 3 is 2.59 bits per heavy atom. The molecule has 3 rings (SSSR count). The van der Waals surface area contributed by atoms with E-state index < -0.39 is 16.0 Å². The molecule has 3 aromatic rings. The number of benzene rings is 2. The van der Waals surface area contributed by atoms with Crippen molar-refractivity contribution in [2.24, 2.45) is 5.14 Å². The molecule has 0 saturated carbocycles. The molecule has 114 valence electrons. The smallest absolute Gasteiger partial charge is 0.307 e. The van der Waals surface area contributed by atoms with Crippen LogP contribution in [0.5, 0.6) is 0 Å². The molecular formula is C14H10ClNO5S. The van der Waals surface area contributed by atoms with Gasteiger partial charge in [0, 0.05) is 10.8 Å². The maximum Gasteiger partial charge on any atom is 0.307 e. The van der Waals surface area contributed by atoms with Crippen molar-refractivity contribution in [2.75, 3.05) is 0 Å². The lowest BCUT2D eigenvalue weighted by atomic mass is 10.1. The molecule has 0 amide bonds. The van der Waals surface area contributed by atoms with E-state index in [1.807, 2.05) is 0 Å². The number of primary sulfonamides is 1. The van der Waals surface area contributed by atoms with Crippen molar-refractivity contribution in [2.45, 2.75) is 11.3 Å². The molecule has 3 N–H and O–H groups in total. The molecule has 0 atom stereocenters. The SMILES string of the molecule is NS(=O)(=O)c1ccc2oc3cc(CC(=O)O)ccc3c2c1Cl. The van der Waals surface area contributed by atoms with Crippen LogP contribution in [0.25, 0.3) is 21.9 Å². The van der Waals surface area contributed by atoms with Gasteiger partial charge in [-0.2, -0.15) is 0 Å². The Morgan fingerprint density at radius 2 is 1.95 bits per heavy atom. The number of halogens is 1. The van der Waals surface area contributed by atoms with Crippen LogP contribution >= 0.6 is 11.6 Å². The third-order valence-corrected chi connectivity index (χ3v) is 4.72. The van der Waals surface area contributed by atoms with E-state index in [1.165, 1.54) is 12.1 Å². The Morgan fingerprint density at radius 1 is 1.23 bits per heavy atom. The van der Waals surface area contributed by atoms with Gasteiger partial charge in [-0.1, -0.05) is 23.7 Å². The first-order valence-electron chi connectivity index (χ1n) is 6.15. The van der Waals surface area contributed by atoms with Crippen molar-refractivity contribution in [3.63, 3.8) is 0 Å². The predicted molar refractivity (Wildman–Crippen MR) is 81.4 cm³/mol. The second kappa shape index (κ2) is 4.98. The molecule has 0 aliphatic rings. The summed E-state index contributed by atoms with van der Waals surface area (Å²) in [5.74, 6) is -0.954. The van der Waals surface area contributed by atoms with Gasteiger partial charge in [-0.15, -0.1) is 0 Å². The van der Waals surface area contributed by atoms with Crippen LogP contribution in [0.1, 0.15) is 5.56 Å². The molecule has 8 heteroatoms. The van der Waals surface area contributed by atoms with Crippen LogP contribution < -0.4 is 5.14 Å². The average Bonchev–Trinajstić information content (AvgIpc) is 2.74. The summed E-state index contributed by atoms with van der Waals surface area (Å²) in [7, 11) is -3.95. The van der Waals surface area contributed by atoms with Crippen molar-refractivity contribution in [3.8, 4) is 0 Å². The fourth-order valence-electron chi connectivity index (χ4n) is 2.36. The average molecular weight is 340 g/mol. The summed E-state index contributed by atoms with van der Waals surface area (Å²) in [6.45, 7) is 0. The van der Waals surface area contributed by atoms with Crippen LogP contribution in [0.2, 0.25) is 5.02 Å². The number of carbonyl (C=O) groups is 1. The Bertz CT molecular complexity index is 1020. The van der Waals surface area contributed by atoms with E-state index in [2.05, 4.69) is 0 Å². The normalized spacial score (nSPS) is 12.1. The van der Waals surface area contributed by atoms with E-state index in [0.717, 1.165) is 0 Å². The molecule has 0 aliphatic carbocycles. The van der Waals surface area contributed by atoms with Crippen LogP contribution in [0.15, 0.2) is 39.6 Å². The van der Waals surface area contributed by atoms with Crippen LogP contribution in [0.3, 0.4) is 0 Å². The molecule has 0 spiro atoms. The highest BCUT2D eigenvalue weighted by Crippen LogP contribution is 2.37. The summed E-state index contributed by atoms with van der Waals surface area (Å²) in [5, 5.41) is 15.0. The van der Waals surface area contributed by atoms with Gasteiger partial charge in [-0.05, 0) is 23.8 Å². The number of rotatable bonds is 3. The summed E-state index contributed by atoms with van der Waals surface area (Å²) < 4.78 is 28.7. The summed E-state index contributed by atoms with van der Waals surface area (Å²) in [5.41, 5.74) is 1.41. The number of carboxylic acid groups (broad SMARTS) is 1.